The third-order valence-electron chi connectivity index (χ3n) is 7.03. The lowest BCUT2D eigenvalue weighted by Gasteiger charge is -2.12. The van der Waals surface area contributed by atoms with E-state index in [9.17, 15) is 4.79 Å². The van der Waals surface area contributed by atoms with E-state index in [1.54, 1.807) is 11.3 Å². The van der Waals surface area contributed by atoms with Crippen LogP contribution in [0.2, 0.25) is 0 Å². The van der Waals surface area contributed by atoms with Gasteiger partial charge in [0.2, 0.25) is 10.9 Å². The zero-order valence-electron chi connectivity index (χ0n) is 23.9. The fourth-order valence-electron chi connectivity index (χ4n) is 4.78. The first-order valence-electron chi connectivity index (χ1n) is 14.7. The summed E-state index contributed by atoms with van der Waals surface area (Å²) in [5, 5.41) is 6.43. The van der Waals surface area contributed by atoms with Crippen molar-refractivity contribution in [2.75, 3.05) is 11.9 Å². The molecule has 1 heterocycles. The molecular weight excluding hydrogens is 568 g/mol. The van der Waals surface area contributed by atoms with Gasteiger partial charge in [0.25, 0.3) is 0 Å². The average Bonchev–Trinajstić information content (AvgIpc) is 3.31. The second-order valence-electron chi connectivity index (χ2n) is 10.3. The Labute approximate surface area is 251 Å². The number of thiazole rings is 1. The van der Waals surface area contributed by atoms with Crippen LogP contribution in [0.15, 0.2) is 60.1 Å². The maximum Gasteiger partial charge on any atom is 0.234 e. The van der Waals surface area contributed by atoms with Crippen LogP contribution in [0.3, 0.4) is 0 Å². The van der Waals surface area contributed by atoms with E-state index in [1.807, 2.05) is 36.4 Å². The first-order valence-corrected chi connectivity index (χ1v) is 15.6. The van der Waals surface area contributed by atoms with E-state index in [4.69, 9.17) is 4.74 Å². The number of para-hydroxylation sites is 1. The molecule has 0 aliphatic carbocycles. The van der Waals surface area contributed by atoms with E-state index in [0.717, 1.165) is 30.0 Å². The van der Waals surface area contributed by atoms with Gasteiger partial charge in [-0.25, -0.2) is 0 Å². The van der Waals surface area contributed by atoms with Crippen molar-refractivity contribution in [3.63, 3.8) is 0 Å². The van der Waals surface area contributed by atoms with Crippen molar-refractivity contribution in [2.24, 2.45) is 0 Å². The molecule has 1 N–H and O–H groups in total. The SMILES string of the molecule is CCCCCCCCCCCCCCOc1ccccc1CC(=O)Nc1cccc(C[n+]2ccsc2C)c1.[Br-]. The summed E-state index contributed by atoms with van der Waals surface area (Å²) in [6, 6.07) is 16.0. The first-order chi connectivity index (χ1) is 18.7. The Morgan fingerprint density at radius 3 is 2.21 bits per heavy atom. The Bertz CT molecular complexity index is 1080. The van der Waals surface area contributed by atoms with Crippen LogP contribution in [-0.4, -0.2) is 12.5 Å². The second kappa shape index (κ2) is 19.8. The highest BCUT2D eigenvalue weighted by Crippen LogP contribution is 2.20. The van der Waals surface area contributed by atoms with Crippen LogP contribution in [0.25, 0.3) is 0 Å². The Kier molecular flexibility index (Phi) is 16.8. The number of ether oxygens (including phenoxy) is 1. The molecule has 0 fully saturated rings. The van der Waals surface area contributed by atoms with Gasteiger partial charge in [-0.2, -0.15) is 4.57 Å². The van der Waals surface area contributed by atoms with Gasteiger partial charge in [0.1, 0.15) is 5.75 Å². The van der Waals surface area contributed by atoms with Crippen molar-refractivity contribution < 1.29 is 31.1 Å². The third kappa shape index (κ3) is 13.1. The van der Waals surface area contributed by atoms with Gasteiger partial charge in [0.15, 0.2) is 12.7 Å². The van der Waals surface area contributed by atoms with Crippen LogP contribution in [0, 0.1) is 6.92 Å². The molecule has 3 rings (SSSR count). The van der Waals surface area contributed by atoms with E-state index < -0.39 is 0 Å². The van der Waals surface area contributed by atoms with E-state index in [0.29, 0.717) is 13.0 Å². The lowest BCUT2D eigenvalue weighted by molar-refractivity contribution is -0.689. The molecule has 1 aromatic heterocycles. The molecule has 39 heavy (non-hydrogen) atoms. The minimum atomic E-state index is -0.0251. The number of carbonyl (C=O) groups is 1. The summed E-state index contributed by atoms with van der Waals surface area (Å²) in [6.07, 6.45) is 18.4. The third-order valence-corrected chi connectivity index (χ3v) is 7.86. The maximum absolute atomic E-state index is 12.8. The van der Waals surface area contributed by atoms with Gasteiger partial charge in [-0.3, -0.25) is 4.79 Å². The summed E-state index contributed by atoms with van der Waals surface area (Å²) in [5.74, 6) is 0.798. The molecule has 214 valence electrons. The number of carbonyl (C=O) groups excluding carboxylic acids is 1. The number of halogens is 1. The standard InChI is InChI=1S/C33H46N2O2S.BrH/c1-3-4-5-6-7-8-9-10-11-12-13-16-23-37-32-21-15-14-19-30(32)26-33(36)34-31-20-17-18-29(25-31)27-35-22-24-38-28(35)2;/h14-15,17-22,24-25H,3-13,16,23,26-27H2,1-2H3;1H. The fraction of sp³-hybridized carbons (Fsp3) is 0.515. The molecule has 4 nitrogen and oxygen atoms in total. The molecule has 3 aromatic rings. The number of hydrogen-bond acceptors (Lipinski definition) is 3. The summed E-state index contributed by atoms with van der Waals surface area (Å²) in [4.78, 5) is 12.8. The molecule has 0 bridgehead atoms. The van der Waals surface area contributed by atoms with Gasteiger partial charge in [0.05, 0.1) is 18.4 Å². The van der Waals surface area contributed by atoms with E-state index in [2.05, 4.69) is 47.4 Å². The highest BCUT2D eigenvalue weighted by molar-refractivity contribution is 7.09. The molecule has 6 heteroatoms. The number of amides is 1. The van der Waals surface area contributed by atoms with Gasteiger partial charge in [-0.15, -0.1) is 0 Å². The topological polar surface area (TPSA) is 42.2 Å². The Hall–Kier alpha value is -2.18. The number of benzene rings is 2. The molecule has 0 radical (unpaired) electrons. The maximum atomic E-state index is 12.8. The van der Waals surface area contributed by atoms with Crippen LogP contribution in [0.1, 0.15) is 100 Å². The van der Waals surface area contributed by atoms with Gasteiger partial charge >= 0.3 is 0 Å². The Morgan fingerprint density at radius 2 is 1.54 bits per heavy atom. The Balaban J connectivity index is 0.00000533. The highest BCUT2D eigenvalue weighted by atomic mass is 79.9. The normalized spacial score (nSPS) is 10.7. The van der Waals surface area contributed by atoms with Crippen molar-refractivity contribution in [1.29, 1.82) is 0 Å². The largest absolute Gasteiger partial charge is 1.00 e. The summed E-state index contributed by atoms with van der Waals surface area (Å²) in [6.45, 7) is 5.90. The monoisotopic (exact) mass is 614 g/mol. The number of aryl methyl sites for hydroxylation is 1. The van der Waals surface area contributed by atoms with Crippen molar-refractivity contribution in [1.82, 2.24) is 0 Å². The van der Waals surface area contributed by atoms with Crippen molar-refractivity contribution in [2.45, 2.75) is 104 Å². The number of rotatable bonds is 19. The smallest absolute Gasteiger partial charge is 0.234 e. The van der Waals surface area contributed by atoms with E-state index in [-0.39, 0.29) is 22.9 Å². The summed E-state index contributed by atoms with van der Waals surface area (Å²) in [7, 11) is 0. The fourth-order valence-corrected chi connectivity index (χ4v) is 5.44. The lowest BCUT2D eigenvalue weighted by Crippen LogP contribution is -3.00. The predicted molar refractivity (Wildman–Crippen MR) is 160 cm³/mol. The van der Waals surface area contributed by atoms with Crippen LogP contribution in [-0.2, 0) is 17.8 Å². The quantitative estimate of drug-likeness (QED) is 0.140. The van der Waals surface area contributed by atoms with Crippen molar-refractivity contribution in [3.8, 4) is 5.75 Å². The molecule has 2 aromatic carbocycles. The molecule has 0 aliphatic heterocycles. The number of aromatic nitrogens is 1. The average molecular weight is 616 g/mol. The molecular formula is C33H47BrN2O2S. The number of nitrogens with one attached hydrogen (secondary N) is 1. The minimum Gasteiger partial charge on any atom is -1.00 e. The molecule has 1 amide bonds. The number of hydrogen-bond donors (Lipinski definition) is 1. The molecule has 0 atom stereocenters. The van der Waals surface area contributed by atoms with Crippen LogP contribution >= 0.6 is 11.3 Å². The predicted octanol–water partition coefficient (Wildman–Crippen LogP) is 5.66. The van der Waals surface area contributed by atoms with Gasteiger partial charge in [-0.1, -0.05) is 119 Å². The van der Waals surface area contributed by atoms with Crippen molar-refractivity contribution in [3.05, 3.63) is 76.2 Å². The Morgan fingerprint density at radius 1 is 0.872 bits per heavy atom. The summed E-state index contributed by atoms with van der Waals surface area (Å²) < 4.78 is 8.31. The summed E-state index contributed by atoms with van der Waals surface area (Å²) in [5.41, 5.74) is 2.93. The molecule has 0 spiro atoms. The van der Waals surface area contributed by atoms with E-state index in [1.165, 1.54) is 81.2 Å². The zero-order chi connectivity index (χ0) is 26.8. The minimum absolute atomic E-state index is 0. The summed E-state index contributed by atoms with van der Waals surface area (Å²) >= 11 is 1.74. The van der Waals surface area contributed by atoms with Crippen LogP contribution in [0.5, 0.6) is 5.75 Å². The molecule has 0 unspecified atom stereocenters. The van der Waals surface area contributed by atoms with Gasteiger partial charge in [-0.05, 0) is 24.6 Å². The number of nitrogens with zero attached hydrogens (tertiary/aromatic N) is 1. The second-order valence-corrected chi connectivity index (χ2v) is 11.4. The number of anilines is 1. The van der Waals surface area contributed by atoms with Crippen LogP contribution in [0.4, 0.5) is 5.69 Å². The lowest BCUT2D eigenvalue weighted by atomic mass is 10.1. The zero-order valence-corrected chi connectivity index (χ0v) is 26.3. The number of unbranched alkanes of at least 4 members (excludes halogenated alkanes) is 11. The van der Waals surface area contributed by atoms with Gasteiger partial charge in [0, 0.05) is 23.7 Å². The molecule has 0 saturated heterocycles. The van der Waals surface area contributed by atoms with E-state index >= 15 is 0 Å². The van der Waals surface area contributed by atoms with Gasteiger partial charge < -0.3 is 27.0 Å². The molecule has 0 aliphatic rings. The highest BCUT2D eigenvalue weighted by Gasteiger charge is 2.12. The molecule has 0 saturated carbocycles. The van der Waals surface area contributed by atoms with Crippen LogP contribution < -0.4 is 31.6 Å². The van der Waals surface area contributed by atoms with Crippen molar-refractivity contribution >= 4 is 22.9 Å². The first kappa shape index (κ1) is 33.0.